The van der Waals surface area contributed by atoms with Crippen molar-refractivity contribution in [1.82, 2.24) is 4.31 Å². The van der Waals surface area contributed by atoms with Crippen LogP contribution in [0.3, 0.4) is 0 Å². The van der Waals surface area contributed by atoms with E-state index < -0.39 is 27.8 Å². The van der Waals surface area contributed by atoms with Crippen LogP contribution in [0.15, 0.2) is 29.2 Å². The van der Waals surface area contributed by atoms with Crippen molar-refractivity contribution in [2.75, 3.05) is 13.7 Å². The minimum Gasteiger partial charge on any atom is -0.467 e. The van der Waals surface area contributed by atoms with Gasteiger partial charge in [0.05, 0.1) is 12.0 Å². The number of Topliss-reactive ketones (excluding diaryl/α,β-unsaturated/α-hetero) is 1. The molecule has 2 rings (SSSR count). The van der Waals surface area contributed by atoms with Crippen LogP contribution in [0, 0.1) is 0 Å². The number of carbonyl (C=O) groups is 2. The number of ether oxygens (including phenoxy) is 1. The predicted octanol–water partition coefficient (Wildman–Crippen LogP) is 0.435. The average molecular weight is 283 g/mol. The van der Waals surface area contributed by atoms with Crippen LogP contribution >= 0.6 is 0 Å². The lowest BCUT2D eigenvalue weighted by Crippen LogP contribution is -2.53. The van der Waals surface area contributed by atoms with Gasteiger partial charge < -0.3 is 4.74 Å². The largest absolute Gasteiger partial charge is 0.467 e. The van der Waals surface area contributed by atoms with Gasteiger partial charge in [-0.05, 0) is 12.1 Å². The molecule has 102 valence electrons. The van der Waals surface area contributed by atoms with Crippen molar-refractivity contribution in [2.24, 2.45) is 0 Å². The third-order valence-electron chi connectivity index (χ3n) is 3.01. The molecule has 0 radical (unpaired) electrons. The molecule has 1 aromatic rings. The number of hydrogen-bond acceptors (Lipinski definition) is 5. The molecule has 0 aromatic heterocycles. The Morgan fingerprint density at radius 2 is 2.00 bits per heavy atom. The monoisotopic (exact) mass is 283 g/mol. The van der Waals surface area contributed by atoms with Crippen molar-refractivity contribution in [3.05, 3.63) is 29.8 Å². The number of nitrogens with zero attached hydrogens (tertiary/aromatic N) is 1. The fourth-order valence-electron chi connectivity index (χ4n) is 2.13. The standard InChI is InChI=1S/C12H13NO5S/c1-3-13-10(12(15)18-2)11(14)8-6-4-5-7-9(8)19(13,16)17/h4-7,10H,3H2,1-2H3. The van der Waals surface area contributed by atoms with E-state index >= 15 is 0 Å². The summed E-state index contributed by atoms with van der Waals surface area (Å²) in [5.41, 5.74) is 0.0302. The highest BCUT2D eigenvalue weighted by molar-refractivity contribution is 7.89. The van der Waals surface area contributed by atoms with Gasteiger partial charge in [0, 0.05) is 12.1 Å². The second kappa shape index (κ2) is 4.75. The molecule has 1 atom stereocenters. The number of benzene rings is 1. The van der Waals surface area contributed by atoms with E-state index in [9.17, 15) is 18.0 Å². The Bertz CT molecular complexity index is 637. The number of sulfonamides is 1. The normalized spacial score (nSPS) is 21.8. The van der Waals surface area contributed by atoms with E-state index in [1.54, 1.807) is 13.0 Å². The summed E-state index contributed by atoms with van der Waals surface area (Å²) in [6.45, 7) is 1.58. The minimum atomic E-state index is -3.86. The number of carbonyl (C=O) groups excluding carboxylic acids is 2. The summed E-state index contributed by atoms with van der Waals surface area (Å²) in [4.78, 5) is 23.9. The molecule has 0 aliphatic carbocycles. The third kappa shape index (κ3) is 1.95. The molecule has 0 saturated carbocycles. The van der Waals surface area contributed by atoms with Crippen LogP contribution in [0.2, 0.25) is 0 Å². The molecule has 0 amide bonds. The molecular formula is C12H13NO5S. The first-order valence-corrected chi connectivity index (χ1v) is 7.12. The molecule has 1 aliphatic heterocycles. The highest BCUT2D eigenvalue weighted by atomic mass is 32.2. The van der Waals surface area contributed by atoms with E-state index in [0.29, 0.717) is 0 Å². The molecular weight excluding hydrogens is 270 g/mol. The van der Waals surface area contributed by atoms with Gasteiger partial charge in [-0.1, -0.05) is 19.1 Å². The van der Waals surface area contributed by atoms with Crippen molar-refractivity contribution in [2.45, 2.75) is 17.9 Å². The molecule has 0 saturated heterocycles. The molecule has 0 bridgehead atoms. The average Bonchev–Trinajstić information content (AvgIpc) is 2.41. The van der Waals surface area contributed by atoms with Gasteiger partial charge in [-0.3, -0.25) is 4.79 Å². The number of hydrogen-bond donors (Lipinski definition) is 0. The van der Waals surface area contributed by atoms with Gasteiger partial charge >= 0.3 is 5.97 Å². The molecule has 7 heteroatoms. The van der Waals surface area contributed by atoms with Crippen molar-refractivity contribution < 1.29 is 22.7 Å². The Morgan fingerprint density at radius 3 is 2.58 bits per heavy atom. The van der Waals surface area contributed by atoms with Gasteiger partial charge in [-0.15, -0.1) is 0 Å². The van der Waals surface area contributed by atoms with Crippen molar-refractivity contribution >= 4 is 21.8 Å². The van der Waals surface area contributed by atoms with Crippen LogP contribution in [0.5, 0.6) is 0 Å². The number of methoxy groups -OCH3 is 1. The number of esters is 1. The maximum Gasteiger partial charge on any atom is 0.332 e. The zero-order valence-corrected chi connectivity index (χ0v) is 11.3. The van der Waals surface area contributed by atoms with Gasteiger partial charge in [-0.25, -0.2) is 13.2 Å². The van der Waals surface area contributed by atoms with Crippen LogP contribution in [-0.4, -0.2) is 44.2 Å². The van der Waals surface area contributed by atoms with Gasteiger partial charge in [0.1, 0.15) is 0 Å². The van der Waals surface area contributed by atoms with Crippen LogP contribution in [0.4, 0.5) is 0 Å². The summed E-state index contributed by atoms with van der Waals surface area (Å²) in [6.07, 6.45) is 0. The lowest BCUT2D eigenvalue weighted by molar-refractivity contribution is -0.143. The number of ketones is 1. The minimum absolute atomic E-state index is 0.0160. The Labute approximate surface area is 111 Å². The summed E-state index contributed by atoms with van der Waals surface area (Å²) < 4.78 is 30.2. The smallest absolute Gasteiger partial charge is 0.332 e. The summed E-state index contributed by atoms with van der Waals surface area (Å²) in [7, 11) is -2.74. The molecule has 1 heterocycles. The topological polar surface area (TPSA) is 80.8 Å². The quantitative estimate of drug-likeness (QED) is 0.581. The van der Waals surface area contributed by atoms with Crippen LogP contribution in [0.1, 0.15) is 17.3 Å². The highest BCUT2D eigenvalue weighted by Crippen LogP contribution is 2.30. The number of rotatable bonds is 2. The van der Waals surface area contributed by atoms with Crippen molar-refractivity contribution in [3.63, 3.8) is 0 Å². The number of fused-ring (bicyclic) bond motifs is 1. The molecule has 0 N–H and O–H groups in total. The molecule has 1 aromatic carbocycles. The molecule has 0 spiro atoms. The highest BCUT2D eigenvalue weighted by Gasteiger charge is 2.47. The van der Waals surface area contributed by atoms with Crippen molar-refractivity contribution in [1.29, 1.82) is 0 Å². The fourth-order valence-corrected chi connectivity index (χ4v) is 3.88. The van der Waals surface area contributed by atoms with E-state index in [2.05, 4.69) is 4.74 Å². The lowest BCUT2D eigenvalue weighted by atomic mass is 10.0. The van der Waals surface area contributed by atoms with Crippen LogP contribution in [0.25, 0.3) is 0 Å². The first kappa shape index (κ1) is 13.7. The van der Waals surface area contributed by atoms with E-state index in [1.807, 2.05) is 0 Å². The summed E-state index contributed by atoms with van der Waals surface area (Å²) >= 11 is 0. The Kier molecular flexibility index (Phi) is 3.42. The van der Waals surface area contributed by atoms with Crippen molar-refractivity contribution in [3.8, 4) is 0 Å². The predicted molar refractivity (Wildman–Crippen MR) is 66.1 cm³/mol. The number of likely N-dealkylation sites (N-methyl/N-ethyl adjacent to an activating group) is 1. The maximum atomic E-state index is 12.4. The Morgan fingerprint density at radius 1 is 1.37 bits per heavy atom. The zero-order valence-electron chi connectivity index (χ0n) is 10.5. The molecule has 1 aliphatic rings. The molecule has 1 unspecified atom stereocenters. The van der Waals surface area contributed by atoms with Crippen LogP contribution in [-0.2, 0) is 19.6 Å². The fraction of sp³-hybridized carbons (Fsp3) is 0.333. The van der Waals surface area contributed by atoms with E-state index in [0.717, 1.165) is 11.4 Å². The Hall–Kier alpha value is -1.73. The molecule has 0 fully saturated rings. The van der Waals surface area contributed by atoms with E-state index in [-0.39, 0.29) is 17.0 Å². The van der Waals surface area contributed by atoms with Gasteiger partial charge in [0.15, 0.2) is 11.8 Å². The summed E-state index contributed by atoms with van der Waals surface area (Å²) in [5.74, 6) is -1.43. The third-order valence-corrected chi connectivity index (χ3v) is 5.01. The SMILES string of the molecule is CCN1C(C(=O)OC)C(=O)c2ccccc2S1(=O)=O. The maximum absolute atomic E-state index is 12.4. The Balaban J connectivity index is 2.70. The summed E-state index contributed by atoms with van der Waals surface area (Å²) in [6, 6.07) is 4.42. The lowest BCUT2D eigenvalue weighted by Gasteiger charge is -2.32. The molecule has 6 nitrogen and oxygen atoms in total. The second-order valence-electron chi connectivity index (χ2n) is 3.99. The van der Waals surface area contributed by atoms with E-state index in [1.165, 1.54) is 18.2 Å². The zero-order chi connectivity index (χ0) is 14.2. The molecule has 19 heavy (non-hydrogen) atoms. The van der Waals surface area contributed by atoms with Gasteiger partial charge in [-0.2, -0.15) is 4.31 Å². The van der Waals surface area contributed by atoms with Gasteiger partial charge in [0.2, 0.25) is 10.0 Å². The van der Waals surface area contributed by atoms with Crippen LogP contribution < -0.4 is 0 Å². The summed E-state index contributed by atoms with van der Waals surface area (Å²) in [5, 5.41) is 0. The van der Waals surface area contributed by atoms with E-state index in [4.69, 9.17) is 0 Å². The van der Waals surface area contributed by atoms with Gasteiger partial charge in [0.25, 0.3) is 0 Å². The first-order valence-electron chi connectivity index (χ1n) is 5.68. The first-order chi connectivity index (χ1) is 8.95. The second-order valence-corrected chi connectivity index (χ2v) is 5.85.